The molecule has 1 aliphatic heterocycles. The van der Waals surface area contributed by atoms with Gasteiger partial charge >= 0.3 is 0 Å². The van der Waals surface area contributed by atoms with E-state index in [1.807, 2.05) is 0 Å². The molecule has 0 spiro atoms. The van der Waals surface area contributed by atoms with Crippen LogP contribution in [0, 0.1) is 0 Å². The number of amides is 2. The number of nitrogens with zero attached hydrogens (tertiary/aromatic N) is 2. The highest BCUT2D eigenvalue weighted by Gasteiger charge is 2.26. The van der Waals surface area contributed by atoms with Crippen LogP contribution >= 0.6 is 0 Å². The van der Waals surface area contributed by atoms with Gasteiger partial charge in [-0.3, -0.25) is 9.59 Å². The molecule has 138 valence electrons. The van der Waals surface area contributed by atoms with E-state index in [2.05, 4.69) is 5.32 Å². The number of aryl methyl sites for hydroxylation is 1. The molecule has 1 saturated heterocycles. The van der Waals surface area contributed by atoms with Crippen LogP contribution < -0.4 is 5.32 Å². The lowest BCUT2D eigenvalue weighted by molar-refractivity contribution is -0.130. The number of carbonyl (C=O) groups is 2. The number of carbonyl (C=O) groups excluding carboxylic acids is 2. The largest absolute Gasteiger partial charge is 0.347 e. The zero-order valence-corrected chi connectivity index (χ0v) is 15.5. The minimum Gasteiger partial charge on any atom is -0.347 e. The van der Waals surface area contributed by atoms with Crippen LogP contribution in [0.3, 0.4) is 0 Å². The van der Waals surface area contributed by atoms with Crippen molar-refractivity contribution in [2.45, 2.75) is 30.6 Å². The van der Waals surface area contributed by atoms with E-state index in [1.54, 1.807) is 38.4 Å². The van der Waals surface area contributed by atoms with E-state index >= 15 is 0 Å². The molecule has 1 heterocycles. The van der Waals surface area contributed by atoms with Crippen molar-refractivity contribution in [3.05, 3.63) is 29.8 Å². The average molecular weight is 367 g/mol. The van der Waals surface area contributed by atoms with E-state index in [0.717, 1.165) is 18.4 Å². The van der Waals surface area contributed by atoms with E-state index in [1.165, 1.54) is 9.21 Å². The molecule has 0 bridgehead atoms. The molecule has 0 saturated carbocycles. The van der Waals surface area contributed by atoms with E-state index in [4.69, 9.17) is 0 Å². The Bertz CT molecular complexity index is 708. The Labute approximate surface area is 149 Å². The molecule has 2 amide bonds. The third kappa shape index (κ3) is 5.27. The van der Waals surface area contributed by atoms with Crippen molar-refractivity contribution < 1.29 is 18.0 Å². The van der Waals surface area contributed by atoms with Gasteiger partial charge in [0.15, 0.2) is 0 Å². The van der Waals surface area contributed by atoms with Gasteiger partial charge in [0.25, 0.3) is 0 Å². The first-order chi connectivity index (χ1) is 11.8. The summed E-state index contributed by atoms with van der Waals surface area (Å²) in [5.74, 6) is -0.367. The number of hydrogen-bond donors (Lipinski definition) is 1. The van der Waals surface area contributed by atoms with Crippen LogP contribution in [0.2, 0.25) is 0 Å². The number of hydrogen-bond acceptors (Lipinski definition) is 4. The number of benzene rings is 1. The SMILES string of the molecule is CN(C)C(=O)CNC(=O)CCc1ccc(S(=O)(=O)N2CCCC2)cc1. The lowest BCUT2D eigenvalue weighted by atomic mass is 10.1. The first-order valence-corrected chi connectivity index (χ1v) is 9.80. The van der Waals surface area contributed by atoms with Gasteiger partial charge in [-0.25, -0.2) is 8.42 Å². The molecule has 0 unspecified atom stereocenters. The fraction of sp³-hybridized carbons (Fsp3) is 0.529. The molecule has 0 atom stereocenters. The molecule has 1 aliphatic rings. The van der Waals surface area contributed by atoms with Gasteiger partial charge in [-0.05, 0) is 37.0 Å². The summed E-state index contributed by atoms with van der Waals surface area (Å²) in [5.41, 5.74) is 0.884. The average Bonchev–Trinajstić information content (AvgIpc) is 3.13. The smallest absolute Gasteiger partial charge is 0.243 e. The second kappa shape index (κ2) is 8.44. The maximum atomic E-state index is 12.4. The van der Waals surface area contributed by atoms with E-state index in [9.17, 15) is 18.0 Å². The number of likely N-dealkylation sites (N-methyl/N-ethyl adjacent to an activating group) is 1. The van der Waals surface area contributed by atoms with Crippen LogP contribution in [0.4, 0.5) is 0 Å². The summed E-state index contributed by atoms with van der Waals surface area (Å²) in [5, 5.41) is 2.57. The van der Waals surface area contributed by atoms with Crippen LogP contribution in [-0.4, -0.2) is 63.2 Å². The summed E-state index contributed by atoms with van der Waals surface area (Å²) in [7, 11) is -0.139. The Morgan fingerprint density at radius 3 is 2.28 bits per heavy atom. The number of rotatable bonds is 7. The van der Waals surface area contributed by atoms with Crippen LogP contribution in [0.25, 0.3) is 0 Å². The van der Waals surface area contributed by atoms with E-state index < -0.39 is 10.0 Å². The molecule has 1 aromatic rings. The third-order valence-corrected chi connectivity index (χ3v) is 6.12. The van der Waals surface area contributed by atoms with Crippen molar-refractivity contribution >= 4 is 21.8 Å². The first kappa shape index (κ1) is 19.4. The van der Waals surface area contributed by atoms with Crippen molar-refractivity contribution in [2.75, 3.05) is 33.7 Å². The second-order valence-corrected chi connectivity index (χ2v) is 8.26. The maximum Gasteiger partial charge on any atom is 0.243 e. The van der Waals surface area contributed by atoms with Crippen molar-refractivity contribution in [1.82, 2.24) is 14.5 Å². The summed E-state index contributed by atoms with van der Waals surface area (Å²) in [6.07, 6.45) is 2.55. The normalized spacial score (nSPS) is 15.1. The molecule has 0 aliphatic carbocycles. The van der Waals surface area contributed by atoms with Crippen LogP contribution in [0.5, 0.6) is 0 Å². The lowest BCUT2D eigenvalue weighted by Gasteiger charge is -2.15. The van der Waals surface area contributed by atoms with Crippen LogP contribution in [0.1, 0.15) is 24.8 Å². The van der Waals surface area contributed by atoms with Gasteiger partial charge in [-0.1, -0.05) is 12.1 Å². The monoisotopic (exact) mass is 367 g/mol. The Balaban J connectivity index is 1.86. The molecule has 1 fully saturated rings. The summed E-state index contributed by atoms with van der Waals surface area (Å²) in [6, 6.07) is 6.66. The fourth-order valence-electron chi connectivity index (χ4n) is 2.58. The maximum absolute atomic E-state index is 12.4. The summed E-state index contributed by atoms with van der Waals surface area (Å²) in [6.45, 7) is 1.14. The highest BCUT2D eigenvalue weighted by Crippen LogP contribution is 2.21. The second-order valence-electron chi connectivity index (χ2n) is 6.32. The van der Waals surface area contributed by atoms with Gasteiger partial charge in [0.05, 0.1) is 11.4 Å². The number of sulfonamides is 1. The van der Waals surface area contributed by atoms with E-state index in [-0.39, 0.29) is 24.8 Å². The molecule has 1 aromatic carbocycles. The predicted molar refractivity (Wildman–Crippen MR) is 94.5 cm³/mol. The topological polar surface area (TPSA) is 86.8 Å². The zero-order chi connectivity index (χ0) is 18.4. The third-order valence-electron chi connectivity index (χ3n) is 4.20. The molecule has 0 radical (unpaired) electrons. The van der Waals surface area contributed by atoms with Gasteiger partial charge < -0.3 is 10.2 Å². The van der Waals surface area contributed by atoms with Gasteiger partial charge in [-0.2, -0.15) is 4.31 Å². The van der Waals surface area contributed by atoms with Crippen molar-refractivity contribution in [2.24, 2.45) is 0 Å². The predicted octanol–water partition coefficient (Wildman–Crippen LogP) is 0.608. The zero-order valence-electron chi connectivity index (χ0n) is 14.7. The quantitative estimate of drug-likeness (QED) is 0.765. The summed E-state index contributed by atoms with van der Waals surface area (Å²) in [4.78, 5) is 24.9. The Hall–Kier alpha value is -1.93. The van der Waals surface area contributed by atoms with Gasteiger partial charge in [0.1, 0.15) is 0 Å². The Kier molecular flexibility index (Phi) is 6.55. The molecule has 2 rings (SSSR count). The van der Waals surface area contributed by atoms with Crippen LogP contribution in [0.15, 0.2) is 29.2 Å². The highest BCUT2D eigenvalue weighted by molar-refractivity contribution is 7.89. The lowest BCUT2D eigenvalue weighted by Crippen LogP contribution is -2.36. The van der Waals surface area contributed by atoms with Gasteiger partial charge in [0.2, 0.25) is 21.8 Å². The van der Waals surface area contributed by atoms with Gasteiger partial charge in [-0.15, -0.1) is 0 Å². The summed E-state index contributed by atoms with van der Waals surface area (Å²) >= 11 is 0. The fourth-order valence-corrected chi connectivity index (χ4v) is 4.10. The minimum atomic E-state index is -3.40. The van der Waals surface area contributed by atoms with Crippen molar-refractivity contribution in [1.29, 1.82) is 0 Å². The molecular formula is C17H25N3O4S. The molecule has 7 nitrogen and oxygen atoms in total. The molecule has 0 aromatic heterocycles. The van der Waals surface area contributed by atoms with Crippen molar-refractivity contribution in [3.8, 4) is 0 Å². The standard InChI is InChI=1S/C17H25N3O4S/c1-19(2)17(22)13-18-16(21)10-7-14-5-8-15(9-6-14)25(23,24)20-11-3-4-12-20/h5-6,8-9H,3-4,7,10-13H2,1-2H3,(H,18,21). The number of nitrogens with one attached hydrogen (secondary N) is 1. The Morgan fingerprint density at radius 1 is 1.12 bits per heavy atom. The molecule has 25 heavy (non-hydrogen) atoms. The van der Waals surface area contributed by atoms with Gasteiger partial charge in [0, 0.05) is 33.6 Å². The first-order valence-electron chi connectivity index (χ1n) is 8.36. The van der Waals surface area contributed by atoms with Crippen LogP contribution in [-0.2, 0) is 26.0 Å². The summed E-state index contributed by atoms with van der Waals surface area (Å²) < 4.78 is 26.4. The molecular weight excluding hydrogens is 342 g/mol. The molecule has 8 heteroatoms. The Morgan fingerprint density at radius 2 is 1.72 bits per heavy atom. The van der Waals surface area contributed by atoms with E-state index in [0.29, 0.717) is 24.4 Å². The minimum absolute atomic E-state index is 0.0150. The molecule has 1 N–H and O–H groups in total. The highest BCUT2D eigenvalue weighted by atomic mass is 32.2. The van der Waals surface area contributed by atoms with Crippen molar-refractivity contribution in [3.63, 3.8) is 0 Å².